The molecule has 4 aliphatic heterocycles. The van der Waals surface area contributed by atoms with E-state index in [1.807, 2.05) is 91.0 Å². The minimum absolute atomic E-state index is 0.0166. The van der Waals surface area contributed by atoms with Crippen LogP contribution in [-0.4, -0.2) is 89.3 Å². The fraction of sp³-hybridized carbons (Fsp3) is 0.413. The molecule has 5 atom stereocenters. The maximum Gasteiger partial charge on any atom is 0.471 e. The number of benzene rings is 4. The number of aliphatic hydroxyl groups excluding tert-OH is 1. The zero-order chi connectivity index (χ0) is 42.0. The maximum atomic E-state index is 13.3. The summed E-state index contributed by atoms with van der Waals surface area (Å²) in [6.07, 6.45) is -4.30. The third-order valence-electron chi connectivity index (χ3n) is 12.6. The van der Waals surface area contributed by atoms with Crippen molar-refractivity contribution in [2.75, 3.05) is 37.7 Å². The van der Waals surface area contributed by atoms with E-state index in [0.717, 1.165) is 52.2 Å². The molecule has 0 aromatic heterocycles. The molecule has 4 aliphatic rings. The number of piperidine rings is 1. The minimum atomic E-state index is -5.03. The van der Waals surface area contributed by atoms with Gasteiger partial charge in [-0.2, -0.15) is 13.2 Å². The molecular weight excluding hydrogens is 776 g/mol. The molecule has 1 spiro atoms. The maximum absolute atomic E-state index is 13.3. The number of nitrogens with one attached hydrogen (secondary N) is 2. The lowest BCUT2D eigenvalue weighted by atomic mass is 9.84. The van der Waals surface area contributed by atoms with Crippen LogP contribution in [0.2, 0.25) is 0 Å². The van der Waals surface area contributed by atoms with Gasteiger partial charge in [0.15, 0.2) is 6.29 Å². The normalized spacial score (nSPS) is 24.4. The number of aliphatic hydroxyl groups is 1. The fourth-order valence-corrected chi connectivity index (χ4v) is 9.17. The Bertz CT molecular complexity index is 2150. The lowest BCUT2D eigenvalue weighted by Crippen LogP contribution is -2.57. The van der Waals surface area contributed by atoms with Gasteiger partial charge in [0.25, 0.3) is 0 Å². The summed E-state index contributed by atoms with van der Waals surface area (Å²) in [6.45, 7) is 4.70. The van der Waals surface area contributed by atoms with Crippen LogP contribution in [0.5, 0.6) is 0 Å². The highest BCUT2D eigenvalue weighted by atomic mass is 19.4. The van der Waals surface area contributed by atoms with Crippen LogP contribution in [0, 0.1) is 5.92 Å². The van der Waals surface area contributed by atoms with Crippen LogP contribution in [0.25, 0.3) is 11.1 Å². The zero-order valence-corrected chi connectivity index (χ0v) is 33.4. The number of carbonyl (C=O) groups is 3. The third kappa shape index (κ3) is 8.51. The van der Waals surface area contributed by atoms with Crippen molar-refractivity contribution in [3.63, 3.8) is 0 Å². The molecule has 4 aromatic rings. The highest BCUT2D eigenvalue weighted by Gasteiger charge is 2.51. The first-order valence-corrected chi connectivity index (χ1v) is 20.6. The van der Waals surface area contributed by atoms with E-state index in [1.165, 1.54) is 0 Å². The summed E-state index contributed by atoms with van der Waals surface area (Å²) in [5.41, 5.74) is 5.63. The number of likely N-dealkylation sites (tertiary alicyclic amines) is 2. The van der Waals surface area contributed by atoms with Crippen molar-refractivity contribution in [3.05, 3.63) is 125 Å². The number of amides is 3. The summed E-state index contributed by atoms with van der Waals surface area (Å²) in [4.78, 5) is 43.3. The van der Waals surface area contributed by atoms with E-state index in [-0.39, 0.29) is 50.2 Å². The molecule has 0 bridgehead atoms. The molecule has 4 fully saturated rings. The van der Waals surface area contributed by atoms with Gasteiger partial charge in [-0.15, -0.1) is 0 Å². The van der Waals surface area contributed by atoms with E-state index in [4.69, 9.17) is 9.47 Å². The molecule has 4 heterocycles. The smallest absolute Gasteiger partial charge is 0.392 e. The van der Waals surface area contributed by atoms with E-state index in [9.17, 15) is 32.7 Å². The molecule has 0 radical (unpaired) electrons. The molecule has 3 amide bonds. The fourth-order valence-electron chi connectivity index (χ4n) is 9.17. The van der Waals surface area contributed by atoms with Crippen LogP contribution < -0.4 is 15.5 Å². The highest BCUT2D eigenvalue weighted by Crippen LogP contribution is 2.43. The molecular formula is C46H50F3N5O6. The second-order valence-corrected chi connectivity index (χ2v) is 16.3. The van der Waals surface area contributed by atoms with E-state index in [1.54, 1.807) is 0 Å². The van der Waals surface area contributed by atoms with E-state index >= 15 is 0 Å². The van der Waals surface area contributed by atoms with Crippen molar-refractivity contribution in [3.8, 4) is 11.1 Å². The van der Waals surface area contributed by atoms with Crippen molar-refractivity contribution in [1.29, 1.82) is 0 Å². The van der Waals surface area contributed by atoms with Gasteiger partial charge in [-0.25, -0.2) is 0 Å². The Hall–Kier alpha value is -5.28. The van der Waals surface area contributed by atoms with Crippen molar-refractivity contribution in [2.24, 2.45) is 5.92 Å². The Labute approximate surface area is 347 Å². The first-order valence-electron chi connectivity index (χ1n) is 20.6. The number of para-hydroxylation sites is 1. The lowest BCUT2D eigenvalue weighted by Gasteiger charge is -2.46. The van der Waals surface area contributed by atoms with Gasteiger partial charge < -0.3 is 39.9 Å². The minimum Gasteiger partial charge on any atom is -0.392 e. The van der Waals surface area contributed by atoms with Crippen molar-refractivity contribution < 1.29 is 42.1 Å². The van der Waals surface area contributed by atoms with Gasteiger partial charge in [0.2, 0.25) is 11.8 Å². The second kappa shape index (κ2) is 17.4. The molecule has 11 nitrogen and oxygen atoms in total. The number of hydrogen-bond donors (Lipinski definition) is 3. The van der Waals surface area contributed by atoms with Crippen molar-refractivity contribution in [2.45, 2.75) is 82.0 Å². The summed E-state index contributed by atoms with van der Waals surface area (Å²) in [6, 6.07) is 32.2. The van der Waals surface area contributed by atoms with Crippen LogP contribution >= 0.6 is 0 Å². The van der Waals surface area contributed by atoms with Gasteiger partial charge in [0, 0.05) is 49.9 Å². The highest BCUT2D eigenvalue weighted by molar-refractivity contribution is 5.93. The van der Waals surface area contributed by atoms with Crippen molar-refractivity contribution in [1.82, 2.24) is 20.4 Å². The molecule has 14 heteroatoms. The standard InChI is InChI=1S/C46H50F3N5O6/c1-30-39(27-52-23-20-45(21-24-52)43(57)51-29-54(45)37-9-3-2-4-10-37)59-42(60-40(30)34-14-12-31(28-55)13-15-34)35-18-16-33(17-19-35)36-8-5-7-32(25-36)26-50-41(56)38-11-6-22-53(38)44(58)46(47,48)49/h2-5,7-10,12-19,25,30,38-40,42,55H,6,11,20-24,26-29H2,1H3,(H,50,56)(H,51,57)/t30-,38+,39+,40+,42+/m1/s1. The number of alkyl halides is 3. The summed E-state index contributed by atoms with van der Waals surface area (Å²) in [5, 5.41) is 15.5. The Morgan fingerprint density at radius 2 is 1.58 bits per heavy atom. The molecule has 8 rings (SSSR count). The summed E-state index contributed by atoms with van der Waals surface area (Å²) in [7, 11) is 0. The van der Waals surface area contributed by atoms with Gasteiger partial charge in [0.05, 0.1) is 25.5 Å². The molecule has 0 saturated carbocycles. The van der Waals surface area contributed by atoms with Gasteiger partial charge in [0.1, 0.15) is 11.6 Å². The summed E-state index contributed by atoms with van der Waals surface area (Å²) in [5.74, 6) is -2.54. The summed E-state index contributed by atoms with van der Waals surface area (Å²) < 4.78 is 52.8. The third-order valence-corrected chi connectivity index (χ3v) is 12.6. The number of nitrogens with zero attached hydrogens (tertiary/aromatic N) is 3. The van der Waals surface area contributed by atoms with Gasteiger partial charge >= 0.3 is 12.1 Å². The van der Waals surface area contributed by atoms with Crippen LogP contribution in [0.1, 0.15) is 67.3 Å². The summed E-state index contributed by atoms with van der Waals surface area (Å²) >= 11 is 0. The monoisotopic (exact) mass is 825 g/mol. The Morgan fingerprint density at radius 1 is 0.867 bits per heavy atom. The molecule has 316 valence electrons. The number of ether oxygens (including phenoxy) is 2. The van der Waals surface area contributed by atoms with Gasteiger partial charge in [-0.1, -0.05) is 91.9 Å². The number of rotatable bonds is 10. The first-order chi connectivity index (χ1) is 28.9. The molecule has 4 aromatic carbocycles. The zero-order valence-electron chi connectivity index (χ0n) is 33.4. The first kappa shape index (κ1) is 41.5. The average Bonchev–Trinajstić information content (AvgIpc) is 3.89. The van der Waals surface area contributed by atoms with Crippen LogP contribution in [0.4, 0.5) is 18.9 Å². The van der Waals surface area contributed by atoms with E-state index in [0.29, 0.717) is 37.4 Å². The van der Waals surface area contributed by atoms with E-state index in [2.05, 4.69) is 39.5 Å². The number of halogens is 3. The quantitative estimate of drug-likeness (QED) is 0.172. The Morgan fingerprint density at radius 3 is 2.28 bits per heavy atom. The Kier molecular flexibility index (Phi) is 12.0. The molecule has 60 heavy (non-hydrogen) atoms. The van der Waals surface area contributed by atoms with Gasteiger partial charge in [-0.05, 0) is 71.7 Å². The average molecular weight is 826 g/mol. The second-order valence-electron chi connectivity index (χ2n) is 16.3. The lowest BCUT2D eigenvalue weighted by molar-refractivity contribution is -0.276. The number of hydrogen-bond acceptors (Lipinski definition) is 8. The molecule has 3 N–H and O–H groups in total. The Balaban J connectivity index is 0.950. The van der Waals surface area contributed by atoms with Gasteiger partial charge in [-0.3, -0.25) is 14.4 Å². The number of anilines is 1. The molecule has 0 unspecified atom stereocenters. The topological polar surface area (TPSA) is 124 Å². The van der Waals surface area contributed by atoms with Crippen LogP contribution in [0.15, 0.2) is 103 Å². The van der Waals surface area contributed by atoms with Crippen LogP contribution in [-0.2, 0) is 37.0 Å². The molecule has 4 saturated heterocycles. The molecule has 0 aliphatic carbocycles. The van der Waals surface area contributed by atoms with Crippen molar-refractivity contribution >= 4 is 23.4 Å². The predicted octanol–water partition coefficient (Wildman–Crippen LogP) is 6.24. The SMILES string of the molecule is C[C@@H]1[C@H](CN2CCC3(CC2)C(=O)NCN3c2ccccc2)O[C@H](c2ccc(-c3cccc(CNC(=O)[C@@H]4CCCN4C(=O)C(F)(F)F)c3)cc2)O[C@@H]1c1ccc(CO)cc1. The largest absolute Gasteiger partial charge is 0.471 e. The number of carbonyl (C=O) groups excluding carboxylic acids is 3. The predicted molar refractivity (Wildman–Crippen MR) is 218 cm³/mol. The van der Waals surface area contributed by atoms with E-state index < -0.39 is 35.9 Å². The van der Waals surface area contributed by atoms with Crippen LogP contribution in [0.3, 0.4) is 0 Å².